The first-order chi connectivity index (χ1) is 25.0. The first-order valence-corrected chi connectivity index (χ1v) is 19.8. The molecule has 0 radical (unpaired) electrons. The third kappa shape index (κ3) is 5.18. The molecule has 6 aromatic rings. The second-order valence-corrected chi connectivity index (χ2v) is 16.7. The number of hydrogen-bond donors (Lipinski definition) is 0. The number of benzene rings is 6. The second-order valence-electron chi connectivity index (χ2n) is 16.7. The molecular weight excluding hydrogens is 615 g/mol. The third-order valence-corrected chi connectivity index (χ3v) is 13.5. The summed E-state index contributed by atoms with van der Waals surface area (Å²) in [4.78, 5) is 2.56. The van der Waals surface area contributed by atoms with E-state index >= 15 is 0 Å². The largest absolute Gasteiger partial charge is 0.310 e. The Morgan fingerprint density at radius 1 is 0.569 bits per heavy atom. The summed E-state index contributed by atoms with van der Waals surface area (Å²) >= 11 is 0. The third-order valence-electron chi connectivity index (χ3n) is 13.5. The fourth-order valence-electron chi connectivity index (χ4n) is 10.9. The number of nitrogens with zero attached hydrogens (tertiary/aromatic N) is 1. The average Bonchev–Trinajstić information content (AvgIpc) is 3.89. The van der Waals surface area contributed by atoms with Crippen LogP contribution >= 0.6 is 0 Å². The van der Waals surface area contributed by atoms with Gasteiger partial charge in [0.2, 0.25) is 0 Å². The fourth-order valence-corrected chi connectivity index (χ4v) is 10.9. The maximum absolute atomic E-state index is 2.56. The molecule has 0 N–H and O–H groups in total. The molecular formula is C50H49N. The summed E-state index contributed by atoms with van der Waals surface area (Å²) in [6.07, 6.45) is 12.4. The predicted molar refractivity (Wildman–Crippen MR) is 216 cm³/mol. The lowest BCUT2D eigenvalue weighted by Crippen LogP contribution is -2.17. The Balaban J connectivity index is 1.13. The van der Waals surface area contributed by atoms with E-state index in [1.165, 1.54) is 125 Å². The first-order valence-electron chi connectivity index (χ1n) is 19.8. The highest BCUT2D eigenvalue weighted by Crippen LogP contribution is 2.55. The molecule has 51 heavy (non-hydrogen) atoms. The molecule has 0 amide bonds. The Morgan fingerprint density at radius 2 is 1.35 bits per heavy atom. The van der Waals surface area contributed by atoms with E-state index in [1.807, 2.05) is 0 Å². The van der Waals surface area contributed by atoms with Crippen molar-refractivity contribution in [3.05, 3.63) is 150 Å². The number of anilines is 3. The number of fused-ring (bicyclic) bond motifs is 6. The number of hydrogen-bond acceptors (Lipinski definition) is 1. The molecule has 3 fully saturated rings. The zero-order valence-electron chi connectivity index (χ0n) is 30.2. The summed E-state index contributed by atoms with van der Waals surface area (Å²) in [6.45, 7) is 4.83. The van der Waals surface area contributed by atoms with E-state index in [4.69, 9.17) is 0 Å². The predicted octanol–water partition coefficient (Wildman–Crippen LogP) is 14.2. The summed E-state index contributed by atoms with van der Waals surface area (Å²) in [5, 5.41) is 2.67. The van der Waals surface area contributed by atoms with Crippen molar-refractivity contribution in [3.8, 4) is 22.3 Å². The Hall–Kier alpha value is -4.62. The van der Waals surface area contributed by atoms with Crippen molar-refractivity contribution in [1.82, 2.24) is 0 Å². The van der Waals surface area contributed by atoms with Gasteiger partial charge in [-0.05, 0) is 142 Å². The van der Waals surface area contributed by atoms with E-state index in [9.17, 15) is 0 Å². The van der Waals surface area contributed by atoms with Gasteiger partial charge in [0.25, 0.3) is 0 Å². The molecule has 6 aromatic carbocycles. The van der Waals surface area contributed by atoms with Gasteiger partial charge in [0.1, 0.15) is 0 Å². The lowest BCUT2D eigenvalue weighted by atomic mass is 9.81. The molecule has 0 heterocycles. The van der Waals surface area contributed by atoms with Crippen LogP contribution in [0.3, 0.4) is 0 Å². The molecule has 4 aliphatic carbocycles. The SMILES string of the molecule is CC1(C)c2cc(N(c3ccc(C4CC5CCC4C5)cc3)c3cccc4ccc(C5CCCCC5)cc34)ccc2-c2c(-c3ccccc3)cccc21. The molecule has 3 saturated carbocycles. The van der Waals surface area contributed by atoms with Crippen LogP contribution in [0, 0.1) is 11.8 Å². The summed E-state index contributed by atoms with van der Waals surface area (Å²) in [5.41, 5.74) is 14.9. The Bertz CT molecular complexity index is 2240. The molecule has 1 nitrogen and oxygen atoms in total. The van der Waals surface area contributed by atoms with Crippen LogP contribution in [0.25, 0.3) is 33.0 Å². The average molecular weight is 664 g/mol. The molecule has 0 saturated heterocycles. The van der Waals surface area contributed by atoms with Crippen LogP contribution in [0.15, 0.2) is 127 Å². The highest BCUT2D eigenvalue weighted by atomic mass is 15.1. The lowest BCUT2D eigenvalue weighted by Gasteiger charge is -2.30. The molecule has 2 bridgehead atoms. The van der Waals surface area contributed by atoms with Gasteiger partial charge in [0, 0.05) is 22.2 Å². The van der Waals surface area contributed by atoms with Gasteiger partial charge >= 0.3 is 0 Å². The van der Waals surface area contributed by atoms with Crippen molar-refractivity contribution >= 4 is 27.8 Å². The summed E-state index contributed by atoms with van der Waals surface area (Å²) in [7, 11) is 0. The molecule has 0 aliphatic heterocycles. The summed E-state index contributed by atoms with van der Waals surface area (Å²) < 4.78 is 0. The molecule has 254 valence electrons. The zero-order chi connectivity index (χ0) is 34.1. The second kappa shape index (κ2) is 12.3. The first kappa shape index (κ1) is 31.1. The van der Waals surface area contributed by atoms with Crippen LogP contribution in [-0.4, -0.2) is 0 Å². The van der Waals surface area contributed by atoms with Crippen molar-refractivity contribution < 1.29 is 0 Å². The van der Waals surface area contributed by atoms with Crippen LogP contribution in [0.1, 0.15) is 106 Å². The summed E-state index contributed by atoms with van der Waals surface area (Å²) in [6, 6.07) is 49.2. The lowest BCUT2D eigenvalue weighted by molar-refractivity contribution is 0.420. The standard InChI is InChI=1S/C50H49N/c1-50(2)46-17-10-16-42(35-13-7-4-8-14-35)49(46)43-28-27-41(32-47(43)50)51(40-25-23-37(24-26-40)44-30-33-19-20-39(44)29-33)48-18-9-15-36-21-22-38(31-45(36)48)34-11-5-3-6-12-34/h4,7-10,13-18,21-28,31-34,39,44H,3,5-6,11-12,19-20,29-30H2,1-2H3. The van der Waals surface area contributed by atoms with Gasteiger partial charge in [-0.25, -0.2) is 0 Å². The monoisotopic (exact) mass is 663 g/mol. The van der Waals surface area contributed by atoms with Crippen molar-refractivity contribution in [2.24, 2.45) is 11.8 Å². The van der Waals surface area contributed by atoms with Gasteiger partial charge in [-0.3, -0.25) is 0 Å². The molecule has 1 heteroatoms. The molecule has 0 aromatic heterocycles. The topological polar surface area (TPSA) is 3.24 Å². The maximum atomic E-state index is 2.56. The van der Waals surface area contributed by atoms with Crippen LogP contribution in [0.5, 0.6) is 0 Å². The van der Waals surface area contributed by atoms with E-state index in [0.717, 1.165) is 17.8 Å². The molecule has 0 spiro atoms. The highest BCUT2D eigenvalue weighted by Gasteiger charge is 2.40. The summed E-state index contributed by atoms with van der Waals surface area (Å²) in [5.74, 6) is 3.24. The molecule has 3 atom stereocenters. The Labute approximate surface area is 304 Å². The van der Waals surface area contributed by atoms with Gasteiger partial charge in [-0.15, -0.1) is 0 Å². The molecule has 10 rings (SSSR count). The van der Waals surface area contributed by atoms with Crippen LogP contribution < -0.4 is 4.90 Å². The minimum atomic E-state index is -0.115. The van der Waals surface area contributed by atoms with Crippen LogP contribution in [0.4, 0.5) is 17.1 Å². The Kier molecular flexibility index (Phi) is 7.49. The van der Waals surface area contributed by atoms with Gasteiger partial charge in [-0.1, -0.05) is 131 Å². The van der Waals surface area contributed by atoms with Gasteiger partial charge in [0.15, 0.2) is 0 Å². The zero-order valence-corrected chi connectivity index (χ0v) is 30.2. The van der Waals surface area contributed by atoms with Crippen molar-refractivity contribution in [2.45, 2.75) is 88.9 Å². The normalized spacial score (nSPS) is 21.9. The fraction of sp³-hybridized carbons (Fsp3) is 0.320. The minimum Gasteiger partial charge on any atom is -0.310 e. The van der Waals surface area contributed by atoms with E-state index in [0.29, 0.717) is 5.92 Å². The quantitative estimate of drug-likeness (QED) is 0.171. The smallest absolute Gasteiger partial charge is 0.0540 e. The Morgan fingerprint density at radius 3 is 2.14 bits per heavy atom. The van der Waals surface area contributed by atoms with Gasteiger partial charge < -0.3 is 4.90 Å². The van der Waals surface area contributed by atoms with Gasteiger partial charge in [-0.2, -0.15) is 0 Å². The van der Waals surface area contributed by atoms with Gasteiger partial charge in [0.05, 0.1) is 5.69 Å². The number of rotatable bonds is 6. The van der Waals surface area contributed by atoms with E-state index in [2.05, 4.69) is 146 Å². The van der Waals surface area contributed by atoms with E-state index < -0.39 is 0 Å². The molecule has 4 aliphatic rings. The maximum Gasteiger partial charge on any atom is 0.0540 e. The van der Waals surface area contributed by atoms with Crippen molar-refractivity contribution in [3.63, 3.8) is 0 Å². The van der Waals surface area contributed by atoms with E-state index in [1.54, 1.807) is 5.56 Å². The highest BCUT2D eigenvalue weighted by molar-refractivity contribution is 6.00. The molecule has 3 unspecified atom stereocenters. The van der Waals surface area contributed by atoms with Crippen LogP contribution in [-0.2, 0) is 5.41 Å². The van der Waals surface area contributed by atoms with Crippen molar-refractivity contribution in [2.75, 3.05) is 4.90 Å². The van der Waals surface area contributed by atoms with E-state index in [-0.39, 0.29) is 5.41 Å². The van der Waals surface area contributed by atoms with Crippen molar-refractivity contribution in [1.29, 1.82) is 0 Å². The minimum absolute atomic E-state index is 0.115. The van der Waals surface area contributed by atoms with Crippen LogP contribution in [0.2, 0.25) is 0 Å².